The Balaban J connectivity index is 2.14. The number of carbonyl (C=O) groups is 2. The summed E-state index contributed by atoms with van der Waals surface area (Å²) in [7, 11) is 4.76. The summed E-state index contributed by atoms with van der Waals surface area (Å²) >= 11 is 0. The van der Waals surface area contributed by atoms with Gasteiger partial charge in [0.25, 0.3) is 0 Å². The summed E-state index contributed by atoms with van der Waals surface area (Å²) in [6.07, 6.45) is 3.08. The molecule has 0 aromatic heterocycles. The topological polar surface area (TPSA) is 97.3 Å². The van der Waals surface area contributed by atoms with Crippen LogP contribution in [0.15, 0.2) is 0 Å². The SMILES string of the molecule is COCCN(CCOC)C(=O)[C@@H](C)[C@H]1CC[C@@]2(C)CC[C@H](NC(=O)COC)[C@@H](C)[C@@H]2[C@H]1O. The highest BCUT2D eigenvalue weighted by Gasteiger charge is 2.54. The fraction of sp³-hybridized carbons (Fsp3) is 0.917. The van der Waals surface area contributed by atoms with Crippen molar-refractivity contribution in [3.8, 4) is 0 Å². The Labute approximate surface area is 193 Å². The first-order chi connectivity index (χ1) is 15.2. The Bertz CT molecular complexity index is 609. The Morgan fingerprint density at radius 2 is 1.69 bits per heavy atom. The van der Waals surface area contributed by atoms with Crippen LogP contribution in [0.25, 0.3) is 0 Å². The number of aliphatic hydroxyl groups excluding tert-OH is 1. The van der Waals surface area contributed by atoms with E-state index in [0.29, 0.717) is 26.3 Å². The Morgan fingerprint density at radius 1 is 1.09 bits per heavy atom. The van der Waals surface area contributed by atoms with Crippen molar-refractivity contribution in [1.29, 1.82) is 0 Å². The van der Waals surface area contributed by atoms with Crippen LogP contribution >= 0.6 is 0 Å². The van der Waals surface area contributed by atoms with Crippen molar-refractivity contribution < 1.29 is 28.9 Å². The van der Waals surface area contributed by atoms with Crippen molar-refractivity contribution in [2.45, 2.75) is 58.6 Å². The highest BCUT2D eigenvalue weighted by atomic mass is 16.5. The van der Waals surface area contributed by atoms with Crippen LogP contribution in [-0.2, 0) is 23.8 Å². The van der Waals surface area contributed by atoms with Crippen LogP contribution in [0.5, 0.6) is 0 Å². The van der Waals surface area contributed by atoms with E-state index >= 15 is 0 Å². The number of methoxy groups -OCH3 is 3. The molecule has 2 aliphatic carbocycles. The van der Waals surface area contributed by atoms with Crippen LogP contribution in [0.4, 0.5) is 0 Å². The van der Waals surface area contributed by atoms with E-state index in [1.165, 1.54) is 7.11 Å². The molecule has 32 heavy (non-hydrogen) atoms. The van der Waals surface area contributed by atoms with E-state index in [2.05, 4.69) is 19.2 Å². The molecule has 8 heteroatoms. The molecule has 0 saturated heterocycles. The number of fused-ring (bicyclic) bond motifs is 1. The maximum absolute atomic E-state index is 13.3. The van der Waals surface area contributed by atoms with Crippen LogP contribution in [0.2, 0.25) is 0 Å². The number of aliphatic hydroxyl groups is 1. The van der Waals surface area contributed by atoms with Crippen molar-refractivity contribution >= 4 is 11.8 Å². The lowest BCUT2D eigenvalue weighted by atomic mass is 9.51. The first-order valence-corrected chi connectivity index (χ1v) is 11.9. The fourth-order valence-corrected chi connectivity index (χ4v) is 6.08. The van der Waals surface area contributed by atoms with Gasteiger partial charge in [-0.3, -0.25) is 9.59 Å². The number of hydrogen-bond acceptors (Lipinski definition) is 6. The molecule has 2 aliphatic rings. The minimum absolute atomic E-state index is 0.00929. The first-order valence-electron chi connectivity index (χ1n) is 11.9. The van der Waals surface area contributed by atoms with Crippen molar-refractivity contribution in [1.82, 2.24) is 10.2 Å². The van der Waals surface area contributed by atoms with E-state index in [9.17, 15) is 14.7 Å². The van der Waals surface area contributed by atoms with Gasteiger partial charge in [0.2, 0.25) is 11.8 Å². The zero-order chi connectivity index (χ0) is 23.9. The van der Waals surface area contributed by atoms with E-state index in [4.69, 9.17) is 14.2 Å². The van der Waals surface area contributed by atoms with Gasteiger partial charge in [-0.25, -0.2) is 0 Å². The second kappa shape index (κ2) is 12.3. The molecule has 2 N–H and O–H groups in total. The average molecular weight is 457 g/mol. The molecule has 0 bridgehead atoms. The van der Waals surface area contributed by atoms with Crippen molar-refractivity contribution in [2.75, 3.05) is 54.2 Å². The lowest BCUT2D eigenvalue weighted by molar-refractivity contribution is -0.152. The molecule has 2 fully saturated rings. The van der Waals surface area contributed by atoms with E-state index in [1.807, 2.05) is 6.92 Å². The molecule has 2 amide bonds. The largest absolute Gasteiger partial charge is 0.392 e. The first kappa shape index (κ1) is 27.0. The van der Waals surface area contributed by atoms with Gasteiger partial charge >= 0.3 is 0 Å². The van der Waals surface area contributed by atoms with Gasteiger partial charge in [-0.1, -0.05) is 20.8 Å². The zero-order valence-corrected chi connectivity index (χ0v) is 20.8. The van der Waals surface area contributed by atoms with Gasteiger partial charge in [0.05, 0.1) is 19.3 Å². The summed E-state index contributed by atoms with van der Waals surface area (Å²) < 4.78 is 15.3. The lowest BCUT2D eigenvalue weighted by Gasteiger charge is -2.56. The molecular formula is C24H44N2O6. The fourth-order valence-electron chi connectivity index (χ4n) is 6.08. The van der Waals surface area contributed by atoms with Crippen LogP contribution in [-0.4, -0.2) is 88.2 Å². The number of ether oxygens (including phenoxy) is 3. The van der Waals surface area contributed by atoms with Crippen LogP contribution in [0.1, 0.15) is 46.5 Å². The van der Waals surface area contributed by atoms with Crippen molar-refractivity contribution in [3.05, 3.63) is 0 Å². The highest BCUT2D eigenvalue weighted by Crippen LogP contribution is 2.55. The van der Waals surface area contributed by atoms with Crippen molar-refractivity contribution in [2.24, 2.45) is 29.1 Å². The average Bonchev–Trinajstić information content (AvgIpc) is 2.75. The third kappa shape index (κ3) is 6.22. The number of nitrogens with one attached hydrogen (secondary N) is 1. The quantitative estimate of drug-likeness (QED) is 0.491. The number of nitrogens with zero attached hydrogens (tertiary/aromatic N) is 1. The lowest BCUT2D eigenvalue weighted by Crippen LogP contribution is -2.59. The van der Waals surface area contributed by atoms with Crippen molar-refractivity contribution in [3.63, 3.8) is 0 Å². The third-order valence-corrected chi connectivity index (χ3v) is 7.98. The third-order valence-electron chi connectivity index (χ3n) is 7.98. The van der Waals surface area contributed by atoms with Gasteiger partial charge in [-0.05, 0) is 48.9 Å². The molecule has 2 rings (SSSR count). The van der Waals surface area contributed by atoms with Crippen LogP contribution in [0, 0.1) is 29.1 Å². The second-order valence-corrected chi connectivity index (χ2v) is 9.98. The molecule has 0 unspecified atom stereocenters. The van der Waals surface area contributed by atoms with Gasteiger partial charge in [-0.2, -0.15) is 0 Å². The van der Waals surface area contributed by atoms with E-state index < -0.39 is 6.10 Å². The Kier molecular flexibility index (Phi) is 10.4. The van der Waals surface area contributed by atoms with Gasteiger partial charge in [0, 0.05) is 46.4 Å². The minimum atomic E-state index is -0.587. The normalized spacial score (nSPS) is 33.3. The van der Waals surface area contributed by atoms with Crippen LogP contribution < -0.4 is 5.32 Å². The summed E-state index contributed by atoms with van der Waals surface area (Å²) in [5, 5.41) is 14.6. The summed E-state index contributed by atoms with van der Waals surface area (Å²) in [5.41, 5.74) is 0.0202. The van der Waals surface area contributed by atoms with Crippen LogP contribution in [0.3, 0.4) is 0 Å². The van der Waals surface area contributed by atoms with E-state index in [-0.39, 0.29) is 53.5 Å². The minimum Gasteiger partial charge on any atom is -0.392 e. The molecule has 7 atom stereocenters. The maximum atomic E-state index is 13.3. The van der Waals surface area contributed by atoms with E-state index in [1.54, 1.807) is 19.1 Å². The maximum Gasteiger partial charge on any atom is 0.246 e. The molecule has 0 spiro atoms. The predicted molar refractivity (Wildman–Crippen MR) is 122 cm³/mol. The molecular weight excluding hydrogens is 412 g/mol. The summed E-state index contributed by atoms with van der Waals surface area (Å²) in [5.74, 6) is -0.328. The number of amides is 2. The number of carbonyl (C=O) groups excluding carboxylic acids is 2. The van der Waals surface area contributed by atoms with Gasteiger partial charge in [0.15, 0.2) is 0 Å². The van der Waals surface area contributed by atoms with E-state index in [0.717, 1.165) is 25.7 Å². The molecule has 0 heterocycles. The summed E-state index contributed by atoms with van der Waals surface area (Å²) in [6, 6.07) is 0.00929. The Hall–Kier alpha value is -1.22. The van der Waals surface area contributed by atoms with Gasteiger partial charge in [0.1, 0.15) is 6.61 Å². The summed E-state index contributed by atoms with van der Waals surface area (Å²) in [4.78, 5) is 27.2. The monoisotopic (exact) mass is 456 g/mol. The molecule has 186 valence electrons. The molecule has 2 saturated carbocycles. The predicted octanol–water partition coefficient (Wildman–Crippen LogP) is 1.70. The molecule has 0 aromatic carbocycles. The molecule has 8 nitrogen and oxygen atoms in total. The summed E-state index contributed by atoms with van der Waals surface area (Å²) in [6.45, 7) is 8.33. The highest BCUT2D eigenvalue weighted by molar-refractivity contribution is 5.79. The molecule has 0 aliphatic heterocycles. The second-order valence-electron chi connectivity index (χ2n) is 9.98. The number of hydrogen-bond donors (Lipinski definition) is 2. The molecule has 0 radical (unpaired) electrons. The van der Waals surface area contributed by atoms with Gasteiger partial charge in [-0.15, -0.1) is 0 Å². The number of rotatable bonds is 11. The zero-order valence-electron chi connectivity index (χ0n) is 20.8. The molecule has 0 aromatic rings. The smallest absolute Gasteiger partial charge is 0.246 e. The Morgan fingerprint density at radius 3 is 2.25 bits per heavy atom. The standard InChI is InChI=1S/C24H44N2O6/c1-16(23(29)26(11-13-30-4)12-14-31-5)18-7-9-24(3)10-8-19(25-20(27)15-32-6)17(2)21(24)22(18)28/h16-19,21-22,28H,7-15H2,1-6H3,(H,25,27)/t16-,17+,18+,19-,21+,22-,24-/m0/s1. The van der Waals surface area contributed by atoms with Gasteiger partial charge < -0.3 is 29.5 Å².